The number of nitrogens with zero attached hydrogens (tertiary/aromatic N) is 2. The Hall–Kier alpha value is -2.74. The van der Waals surface area contributed by atoms with Gasteiger partial charge in [0.05, 0.1) is 34.1 Å². The van der Waals surface area contributed by atoms with E-state index in [0.717, 1.165) is 24.8 Å². The highest BCUT2D eigenvalue weighted by Gasteiger charge is 2.26. The van der Waals surface area contributed by atoms with E-state index >= 15 is 0 Å². The third kappa shape index (κ3) is 4.22. The van der Waals surface area contributed by atoms with E-state index in [2.05, 4.69) is 10.4 Å². The lowest BCUT2D eigenvalue weighted by atomic mass is 10.00. The Morgan fingerprint density at radius 1 is 1.18 bits per heavy atom. The standard InChI is InChI=1S/C20H28N4O4/c1-26-16-8-7-14(19(27-2)20(16)28-3)12-24-17(9-10-22-24)23-18(25)11-13-5-4-6-15(13)21/h7-10,13,15H,4-6,11-12,21H2,1-3H3,(H,23,25)/t13-,15+/m0/s1. The molecule has 2 aromatic rings. The van der Waals surface area contributed by atoms with Crippen molar-refractivity contribution in [1.29, 1.82) is 0 Å². The van der Waals surface area contributed by atoms with Crippen LogP contribution in [0.3, 0.4) is 0 Å². The first-order chi connectivity index (χ1) is 13.6. The molecule has 2 atom stereocenters. The van der Waals surface area contributed by atoms with E-state index < -0.39 is 0 Å². The van der Waals surface area contributed by atoms with Crippen LogP contribution in [0.25, 0.3) is 0 Å². The summed E-state index contributed by atoms with van der Waals surface area (Å²) in [5.74, 6) is 2.53. The number of aromatic nitrogens is 2. The zero-order chi connectivity index (χ0) is 20.1. The summed E-state index contributed by atoms with van der Waals surface area (Å²) in [5.41, 5.74) is 6.94. The number of methoxy groups -OCH3 is 3. The molecule has 0 aliphatic heterocycles. The zero-order valence-electron chi connectivity index (χ0n) is 16.6. The number of anilines is 1. The van der Waals surface area contributed by atoms with Gasteiger partial charge in [-0.2, -0.15) is 5.10 Å². The number of amides is 1. The lowest BCUT2D eigenvalue weighted by Crippen LogP contribution is -2.28. The highest BCUT2D eigenvalue weighted by molar-refractivity contribution is 5.90. The summed E-state index contributed by atoms with van der Waals surface area (Å²) in [7, 11) is 4.73. The summed E-state index contributed by atoms with van der Waals surface area (Å²) in [6.07, 6.45) is 5.19. The molecule has 8 heteroatoms. The Kier molecular flexibility index (Phi) is 6.41. The SMILES string of the molecule is COc1ccc(Cn2nccc2NC(=O)C[C@@H]2CCC[C@H]2N)c(OC)c1OC. The summed E-state index contributed by atoms with van der Waals surface area (Å²) in [5, 5.41) is 7.29. The molecule has 1 amide bonds. The van der Waals surface area contributed by atoms with Gasteiger partial charge >= 0.3 is 0 Å². The molecule has 1 aromatic carbocycles. The van der Waals surface area contributed by atoms with E-state index in [1.54, 1.807) is 38.3 Å². The number of carbonyl (C=O) groups excluding carboxylic acids is 1. The molecule has 1 aromatic heterocycles. The number of rotatable bonds is 8. The predicted octanol–water partition coefficient (Wildman–Crippen LogP) is 2.41. The highest BCUT2D eigenvalue weighted by atomic mass is 16.5. The molecule has 1 aliphatic carbocycles. The Balaban J connectivity index is 1.74. The van der Waals surface area contributed by atoms with Crippen molar-refractivity contribution < 1.29 is 19.0 Å². The van der Waals surface area contributed by atoms with Gasteiger partial charge in [0, 0.05) is 24.1 Å². The molecule has 0 unspecified atom stereocenters. The molecule has 3 N–H and O–H groups in total. The molecule has 1 aliphatic rings. The summed E-state index contributed by atoms with van der Waals surface area (Å²) < 4.78 is 18.0. The van der Waals surface area contributed by atoms with Gasteiger partial charge in [0.25, 0.3) is 0 Å². The normalized spacial score (nSPS) is 18.7. The van der Waals surface area contributed by atoms with Crippen molar-refractivity contribution in [2.75, 3.05) is 26.6 Å². The molecular weight excluding hydrogens is 360 g/mol. The molecule has 1 heterocycles. The van der Waals surface area contributed by atoms with Crippen LogP contribution < -0.4 is 25.3 Å². The van der Waals surface area contributed by atoms with Gasteiger partial charge in [-0.25, -0.2) is 4.68 Å². The van der Waals surface area contributed by atoms with E-state index in [0.29, 0.717) is 36.0 Å². The van der Waals surface area contributed by atoms with Crippen LogP contribution in [0.15, 0.2) is 24.4 Å². The largest absolute Gasteiger partial charge is 0.493 e. The third-order valence-electron chi connectivity index (χ3n) is 5.26. The van der Waals surface area contributed by atoms with Gasteiger partial charge in [0.2, 0.25) is 11.7 Å². The molecule has 1 fully saturated rings. The molecule has 0 spiro atoms. The average Bonchev–Trinajstić information content (AvgIpc) is 3.30. The van der Waals surface area contributed by atoms with Gasteiger partial charge in [-0.15, -0.1) is 0 Å². The van der Waals surface area contributed by atoms with Crippen molar-refractivity contribution in [1.82, 2.24) is 9.78 Å². The van der Waals surface area contributed by atoms with Gasteiger partial charge in [-0.1, -0.05) is 6.42 Å². The molecule has 3 rings (SSSR count). The fourth-order valence-corrected chi connectivity index (χ4v) is 3.76. The molecular formula is C20H28N4O4. The van der Waals surface area contributed by atoms with Crippen molar-refractivity contribution in [3.05, 3.63) is 30.0 Å². The minimum atomic E-state index is -0.0385. The third-order valence-corrected chi connectivity index (χ3v) is 5.26. The van der Waals surface area contributed by atoms with Gasteiger partial charge < -0.3 is 25.3 Å². The predicted molar refractivity (Wildman–Crippen MR) is 106 cm³/mol. The van der Waals surface area contributed by atoms with Gasteiger partial charge in [-0.05, 0) is 30.9 Å². The topological polar surface area (TPSA) is 101 Å². The fraction of sp³-hybridized carbons (Fsp3) is 0.500. The Morgan fingerprint density at radius 2 is 1.96 bits per heavy atom. The highest BCUT2D eigenvalue weighted by Crippen LogP contribution is 2.40. The number of hydrogen-bond acceptors (Lipinski definition) is 6. The van der Waals surface area contributed by atoms with Gasteiger partial charge in [-0.3, -0.25) is 4.79 Å². The number of benzene rings is 1. The van der Waals surface area contributed by atoms with E-state index in [4.69, 9.17) is 19.9 Å². The monoisotopic (exact) mass is 388 g/mol. The summed E-state index contributed by atoms with van der Waals surface area (Å²) in [6, 6.07) is 5.61. The number of hydrogen-bond donors (Lipinski definition) is 2. The van der Waals surface area contributed by atoms with Crippen LogP contribution >= 0.6 is 0 Å². The molecule has 1 saturated carbocycles. The minimum Gasteiger partial charge on any atom is -0.493 e. The van der Waals surface area contributed by atoms with Crippen LogP contribution in [0.5, 0.6) is 17.2 Å². The first-order valence-electron chi connectivity index (χ1n) is 9.42. The Labute approximate surface area is 164 Å². The van der Waals surface area contributed by atoms with Crippen LogP contribution in [-0.4, -0.2) is 43.1 Å². The van der Waals surface area contributed by atoms with Gasteiger partial charge in [0.1, 0.15) is 5.82 Å². The second-order valence-corrected chi connectivity index (χ2v) is 6.97. The fourth-order valence-electron chi connectivity index (χ4n) is 3.76. The van der Waals surface area contributed by atoms with E-state index in [1.165, 1.54) is 0 Å². The average molecular weight is 388 g/mol. The molecule has 8 nitrogen and oxygen atoms in total. The van der Waals surface area contributed by atoms with Crippen LogP contribution in [-0.2, 0) is 11.3 Å². The maximum Gasteiger partial charge on any atom is 0.225 e. The first kappa shape index (κ1) is 20.0. The molecule has 0 saturated heterocycles. The van der Waals surface area contributed by atoms with Crippen LogP contribution in [0.1, 0.15) is 31.2 Å². The zero-order valence-corrected chi connectivity index (χ0v) is 16.6. The van der Waals surface area contributed by atoms with Crippen LogP contribution in [0.2, 0.25) is 0 Å². The smallest absolute Gasteiger partial charge is 0.225 e. The number of ether oxygens (including phenoxy) is 3. The second kappa shape index (κ2) is 8.97. The second-order valence-electron chi connectivity index (χ2n) is 6.97. The van der Waals surface area contributed by atoms with E-state index in [9.17, 15) is 4.79 Å². The molecule has 0 bridgehead atoms. The number of nitrogens with two attached hydrogens (primary N) is 1. The summed E-state index contributed by atoms with van der Waals surface area (Å²) >= 11 is 0. The molecule has 28 heavy (non-hydrogen) atoms. The number of carbonyl (C=O) groups is 1. The lowest BCUT2D eigenvalue weighted by Gasteiger charge is -2.17. The van der Waals surface area contributed by atoms with E-state index in [-0.39, 0.29) is 17.9 Å². The molecule has 0 radical (unpaired) electrons. The summed E-state index contributed by atoms with van der Waals surface area (Å²) in [4.78, 5) is 12.5. The van der Waals surface area contributed by atoms with Crippen molar-refractivity contribution in [3.63, 3.8) is 0 Å². The Morgan fingerprint density at radius 3 is 2.61 bits per heavy atom. The Bertz CT molecular complexity index is 821. The van der Waals surface area contributed by atoms with Crippen molar-refractivity contribution in [3.8, 4) is 17.2 Å². The number of nitrogens with one attached hydrogen (secondary N) is 1. The minimum absolute atomic E-state index is 0.0385. The van der Waals surface area contributed by atoms with Crippen molar-refractivity contribution in [2.45, 2.75) is 38.3 Å². The van der Waals surface area contributed by atoms with Crippen LogP contribution in [0, 0.1) is 5.92 Å². The van der Waals surface area contributed by atoms with Crippen LogP contribution in [0.4, 0.5) is 5.82 Å². The van der Waals surface area contributed by atoms with E-state index in [1.807, 2.05) is 12.1 Å². The van der Waals surface area contributed by atoms with Crippen molar-refractivity contribution in [2.24, 2.45) is 11.7 Å². The lowest BCUT2D eigenvalue weighted by molar-refractivity contribution is -0.117. The van der Waals surface area contributed by atoms with Crippen molar-refractivity contribution >= 4 is 11.7 Å². The quantitative estimate of drug-likeness (QED) is 0.720. The maximum absolute atomic E-state index is 12.5. The van der Waals surface area contributed by atoms with Gasteiger partial charge in [0.15, 0.2) is 11.5 Å². The maximum atomic E-state index is 12.5. The summed E-state index contributed by atoms with van der Waals surface area (Å²) in [6.45, 7) is 0.412. The first-order valence-corrected chi connectivity index (χ1v) is 9.42. The molecule has 152 valence electrons.